The lowest BCUT2D eigenvalue weighted by Crippen LogP contribution is -2.15. The zero-order valence-electron chi connectivity index (χ0n) is 20.4. The average molecular weight is 430 g/mol. The topological polar surface area (TPSA) is 15.8 Å². The molecule has 1 heterocycles. The van der Waals surface area contributed by atoms with Gasteiger partial charge in [0.1, 0.15) is 0 Å². The average Bonchev–Trinajstić information content (AvgIpc) is 3.26. The van der Waals surface area contributed by atoms with Crippen molar-refractivity contribution < 1.29 is 0 Å². The van der Waals surface area contributed by atoms with Crippen LogP contribution in [0, 0.1) is 6.92 Å². The third-order valence-electron chi connectivity index (χ3n) is 7.64. The number of nitrogens with one attached hydrogen (secondary N) is 1. The molecule has 1 aliphatic carbocycles. The van der Waals surface area contributed by atoms with Crippen molar-refractivity contribution in [3.63, 3.8) is 0 Å². The van der Waals surface area contributed by atoms with Crippen molar-refractivity contribution in [3.05, 3.63) is 95.1 Å². The second-order valence-electron chi connectivity index (χ2n) is 11.3. The number of benzene rings is 4. The maximum Gasteiger partial charge on any atom is 0.0551 e. The van der Waals surface area contributed by atoms with Gasteiger partial charge in [0.05, 0.1) is 5.52 Å². The van der Waals surface area contributed by atoms with E-state index >= 15 is 0 Å². The number of hydrogen-bond donors (Lipinski definition) is 1. The molecular formula is C32H31N. The summed E-state index contributed by atoms with van der Waals surface area (Å²) >= 11 is 0. The van der Waals surface area contributed by atoms with Crippen LogP contribution in [0.15, 0.2) is 72.8 Å². The molecule has 33 heavy (non-hydrogen) atoms. The first-order valence-corrected chi connectivity index (χ1v) is 12.0. The highest BCUT2D eigenvalue weighted by atomic mass is 14.7. The van der Waals surface area contributed by atoms with E-state index in [0.717, 1.165) is 0 Å². The van der Waals surface area contributed by atoms with Gasteiger partial charge >= 0.3 is 0 Å². The van der Waals surface area contributed by atoms with Gasteiger partial charge < -0.3 is 4.98 Å². The first kappa shape index (κ1) is 20.3. The molecule has 0 amide bonds. The first-order chi connectivity index (χ1) is 15.7. The van der Waals surface area contributed by atoms with E-state index in [9.17, 15) is 0 Å². The summed E-state index contributed by atoms with van der Waals surface area (Å²) in [5.41, 5.74) is 13.4. The molecule has 1 aromatic heterocycles. The van der Waals surface area contributed by atoms with Gasteiger partial charge in [-0.3, -0.25) is 0 Å². The summed E-state index contributed by atoms with van der Waals surface area (Å²) in [6, 6.07) is 27.3. The van der Waals surface area contributed by atoms with E-state index in [0.29, 0.717) is 0 Å². The highest BCUT2D eigenvalue weighted by Crippen LogP contribution is 2.54. The predicted octanol–water partition coefficient (Wildman–Crippen LogP) is 8.90. The van der Waals surface area contributed by atoms with Crippen LogP contribution in [-0.4, -0.2) is 4.98 Å². The van der Waals surface area contributed by atoms with Crippen LogP contribution in [0.5, 0.6) is 0 Å². The number of para-hydroxylation sites is 1. The van der Waals surface area contributed by atoms with Gasteiger partial charge in [0, 0.05) is 27.3 Å². The van der Waals surface area contributed by atoms with Gasteiger partial charge in [-0.1, -0.05) is 101 Å². The molecule has 4 aromatic carbocycles. The minimum absolute atomic E-state index is 0.0383. The van der Waals surface area contributed by atoms with Crippen LogP contribution < -0.4 is 0 Å². The third kappa shape index (κ3) is 2.85. The highest BCUT2D eigenvalue weighted by Gasteiger charge is 2.38. The van der Waals surface area contributed by atoms with Crippen LogP contribution >= 0.6 is 0 Å². The molecule has 1 heteroatoms. The van der Waals surface area contributed by atoms with Crippen LogP contribution in [0.2, 0.25) is 0 Å². The minimum Gasteiger partial charge on any atom is -0.354 e. The smallest absolute Gasteiger partial charge is 0.0551 e. The van der Waals surface area contributed by atoms with Crippen molar-refractivity contribution in [2.75, 3.05) is 0 Å². The molecule has 1 N–H and O–H groups in total. The van der Waals surface area contributed by atoms with E-state index in [4.69, 9.17) is 0 Å². The predicted molar refractivity (Wildman–Crippen MR) is 142 cm³/mol. The zero-order valence-corrected chi connectivity index (χ0v) is 20.4. The summed E-state index contributed by atoms with van der Waals surface area (Å²) in [6.07, 6.45) is 0. The monoisotopic (exact) mass is 429 g/mol. The minimum atomic E-state index is -0.0383. The summed E-state index contributed by atoms with van der Waals surface area (Å²) in [4.78, 5) is 3.79. The van der Waals surface area contributed by atoms with E-state index in [2.05, 4.69) is 119 Å². The number of hydrogen-bond acceptors (Lipinski definition) is 0. The van der Waals surface area contributed by atoms with Gasteiger partial charge in [-0.25, -0.2) is 0 Å². The van der Waals surface area contributed by atoms with E-state index < -0.39 is 0 Å². The molecule has 0 unspecified atom stereocenters. The third-order valence-corrected chi connectivity index (χ3v) is 7.64. The Morgan fingerprint density at radius 1 is 0.758 bits per heavy atom. The summed E-state index contributed by atoms with van der Waals surface area (Å²) in [7, 11) is 0. The molecule has 6 rings (SSSR count). The molecule has 0 aliphatic heterocycles. The van der Waals surface area contributed by atoms with Crippen molar-refractivity contribution in [3.8, 4) is 22.3 Å². The molecule has 0 spiro atoms. The van der Waals surface area contributed by atoms with E-state index in [1.807, 2.05) is 0 Å². The lowest BCUT2D eigenvalue weighted by atomic mass is 9.80. The van der Waals surface area contributed by atoms with Crippen molar-refractivity contribution in [1.29, 1.82) is 0 Å². The quantitative estimate of drug-likeness (QED) is 0.274. The summed E-state index contributed by atoms with van der Waals surface area (Å²) < 4.78 is 0. The summed E-state index contributed by atoms with van der Waals surface area (Å²) in [5, 5.41) is 2.66. The maximum atomic E-state index is 3.79. The molecule has 1 nitrogen and oxygen atoms in total. The summed E-state index contributed by atoms with van der Waals surface area (Å²) in [5.74, 6) is 0. The van der Waals surface area contributed by atoms with E-state index in [-0.39, 0.29) is 10.8 Å². The molecule has 0 radical (unpaired) electrons. The van der Waals surface area contributed by atoms with Gasteiger partial charge in [0.15, 0.2) is 0 Å². The molecule has 0 fully saturated rings. The zero-order chi connectivity index (χ0) is 23.1. The fourth-order valence-electron chi connectivity index (χ4n) is 5.72. The van der Waals surface area contributed by atoms with Crippen molar-refractivity contribution in [1.82, 2.24) is 4.98 Å². The molecule has 0 saturated carbocycles. The molecule has 0 saturated heterocycles. The Kier molecular flexibility index (Phi) is 4.06. The Labute approximate surface area is 196 Å². The highest BCUT2D eigenvalue weighted by molar-refractivity contribution is 6.20. The molecule has 0 bridgehead atoms. The van der Waals surface area contributed by atoms with Crippen molar-refractivity contribution in [2.24, 2.45) is 0 Å². The van der Waals surface area contributed by atoms with Gasteiger partial charge in [-0.2, -0.15) is 0 Å². The van der Waals surface area contributed by atoms with Crippen LogP contribution in [0.1, 0.15) is 56.9 Å². The lowest BCUT2D eigenvalue weighted by molar-refractivity contribution is 0.590. The number of aryl methyl sites for hydroxylation is 1. The number of aromatic nitrogens is 1. The van der Waals surface area contributed by atoms with E-state index in [1.165, 1.54) is 66.3 Å². The first-order valence-electron chi connectivity index (χ1n) is 12.0. The van der Waals surface area contributed by atoms with Crippen LogP contribution in [0.4, 0.5) is 0 Å². The largest absolute Gasteiger partial charge is 0.354 e. The normalized spacial score (nSPS) is 14.6. The standard InChI is InChI=1S/C32H31N/c1-19-11-16-22-25(17-19)32(5,6)26-18-24(20-12-14-21(15-13-20)31(2,3)4)30-29(28(22)26)23-9-7-8-10-27(23)33-30/h7-18,33H,1-6H3. The Morgan fingerprint density at radius 3 is 2.21 bits per heavy atom. The second-order valence-corrected chi connectivity index (χ2v) is 11.3. The van der Waals surface area contributed by atoms with Crippen LogP contribution in [0.25, 0.3) is 44.1 Å². The molecular weight excluding hydrogens is 398 g/mol. The molecule has 164 valence electrons. The van der Waals surface area contributed by atoms with Gasteiger partial charge in [-0.15, -0.1) is 0 Å². The van der Waals surface area contributed by atoms with Gasteiger partial charge in [0.2, 0.25) is 0 Å². The van der Waals surface area contributed by atoms with Crippen molar-refractivity contribution in [2.45, 2.75) is 52.4 Å². The molecule has 5 aromatic rings. The number of aromatic amines is 1. The Balaban J connectivity index is 1.73. The Morgan fingerprint density at radius 2 is 1.48 bits per heavy atom. The van der Waals surface area contributed by atoms with Gasteiger partial charge in [0.25, 0.3) is 0 Å². The Bertz CT molecular complexity index is 1550. The van der Waals surface area contributed by atoms with Crippen LogP contribution in [0.3, 0.4) is 0 Å². The Hall–Kier alpha value is -3.32. The summed E-state index contributed by atoms with van der Waals surface area (Å²) in [6.45, 7) is 13.8. The number of rotatable bonds is 1. The molecule has 1 aliphatic rings. The number of fused-ring (bicyclic) bond motifs is 7. The van der Waals surface area contributed by atoms with Crippen LogP contribution in [-0.2, 0) is 10.8 Å². The lowest BCUT2D eigenvalue weighted by Gasteiger charge is -2.23. The van der Waals surface area contributed by atoms with E-state index in [1.54, 1.807) is 0 Å². The maximum absolute atomic E-state index is 3.79. The number of H-pyrrole nitrogens is 1. The van der Waals surface area contributed by atoms with Gasteiger partial charge in [-0.05, 0) is 57.9 Å². The fourth-order valence-corrected chi connectivity index (χ4v) is 5.72. The molecule has 0 atom stereocenters. The van der Waals surface area contributed by atoms with Crippen molar-refractivity contribution >= 4 is 21.8 Å². The fraction of sp³-hybridized carbons (Fsp3) is 0.250. The second kappa shape index (κ2) is 6.60. The SMILES string of the molecule is Cc1ccc2c(c1)C(C)(C)c1cc(-c3ccc(C(C)(C)C)cc3)c3[nH]c4ccccc4c3c1-2.